The second kappa shape index (κ2) is 5.76. The lowest BCUT2D eigenvalue weighted by Crippen LogP contribution is -2.58. The first-order valence-corrected chi connectivity index (χ1v) is 9.52. The molecule has 1 spiro atoms. The third-order valence-electron chi connectivity index (χ3n) is 5.75. The first kappa shape index (κ1) is 16.2. The second-order valence-electron chi connectivity index (χ2n) is 7.56. The Labute approximate surface area is 158 Å². The average molecular weight is 372 g/mol. The number of likely N-dealkylation sites (tertiary alicyclic amines) is 1. The summed E-state index contributed by atoms with van der Waals surface area (Å²) in [7, 11) is 2.16. The molecule has 0 saturated carbocycles. The van der Waals surface area contributed by atoms with Gasteiger partial charge >= 0.3 is 0 Å². The molecule has 1 fully saturated rings. The number of ether oxygens (including phenoxy) is 1. The van der Waals surface area contributed by atoms with Gasteiger partial charge < -0.3 is 14.1 Å². The predicted molar refractivity (Wildman–Crippen MR) is 101 cm³/mol. The topological polar surface area (TPSA) is 41.2 Å². The highest BCUT2D eigenvalue weighted by Gasteiger charge is 2.51. The van der Waals surface area contributed by atoms with Gasteiger partial charge in [0.15, 0.2) is 0 Å². The Bertz CT molecular complexity index is 883. The maximum Gasteiger partial charge on any atom is 0.200 e. The normalized spacial score (nSPS) is 24.2. The van der Waals surface area contributed by atoms with Crippen LogP contribution in [0.5, 0.6) is 5.75 Å². The quantitative estimate of drug-likeness (QED) is 0.753. The fourth-order valence-corrected chi connectivity index (χ4v) is 4.47. The Morgan fingerprint density at radius 1 is 1.19 bits per heavy atom. The number of benzene rings is 1. The molecule has 2 aromatic rings. The molecule has 1 atom stereocenters. The zero-order valence-electron chi connectivity index (χ0n) is 15.0. The van der Waals surface area contributed by atoms with Crippen LogP contribution in [0.3, 0.4) is 0 Å². The molecule has 136 valence electrons. The maximum absolute atomic E-state index is 6.57. The van der Waals surface area contributed by atoms with Crippen molar-refractivity contribution in [1.82, 2.24) is 9.91 Å². The molecule has 1 saturated heterocycles. The van der Waals surface area contributed by atoms with E-state index in [2.05, 4.69) is 17.0 Å². The molecule has 0 amide bonds. The smallest absolute Gasteiger partial charge is 0.200 e. The van der Waals surface area contributed by atoms with E-state index >= 15 is 0 Å². The fourth-order valence-electron chi connectivity index (χ4n) is 4.29. The first-order chi connectivity index (χ1) is 12.5. The van der Waals surface area contributed by atoms with E-state index < -0.39 is 0 Å². The van der Waals surface area contributed by atoms with Crippen molar-refractivity contribution in [3.8, 4) is 5.75 Å². The Balaban J connectivity index is 1.59. The van der Waals surface area contributed by atoms with Crippen LogP contribution < -0.4 is 4.74 Å². The molecule has 5 nitrogen and oxygen atoms in total. The summed E-state index contributed by atoms with van der Waals surface area (Å²) in [6.45, 7) is 3.96. The number of aryl methyl sites for hydroxylation is 1. The molecule has 0 aliphatic carbocycles. The van der Waals surface area contributed by atoms with Gasteiger partial charge in [0, 0.05) is 42.9 Å². The van der Waals surface area contributed by atoms with E-state index in [0.29, 0.717) is 0 Å². The van der Waals surface area contributed by atoms with Crippen LogP contribution in [-0.2, 0) is 0 Å². The van der Waals surface area contributed by atoms with Crippen molar-refractivity contribution >= 4 is 17.3 Å². The minimum Gasteiger partial charge on any atom is -0.466 e. The molecule has 1 aromatic carbocycles. The number of rotatable bonds is 1. The summed E-state index contributed by atoms with van der Waals surface area (Å²) in [4.78, 5) is 2.34. The summed E-state index contributed by atoms with van der Waals surface area (Å²) < 4.78 is 12.4. The van der Waals surface area contributed by atoms with Gasteiger partial charge in [0.25, 0.3) is 0 Å². The summed E-state index contributed by atoms with van der Waals surface area (Å²) in [5, 5.41) is 7.91. The minimum absolute atomic E-state index is 0.140. The minimum atomic E-state index is -0.388. The van der Waals surface area contributed by atoms with Gasteiger partial charge in [-0.3, -0.25) is 0 Å². The highest BCUT2D eigenvalue weighted by molar-refractivity contribution is 6.30. The van der Waals surface area contributed by atoms with Crippen molar-refractivity contribution in [2.24, 2.45) is 5.10 Å². The molecular formula is C20H22ClN3O2. The van der Waals surface area contributed by atoms with Crippen LogP contribution in [0.25, 0.3) is 0 Å². The third kappa shape index (κ3) is 2.45. The lowest BCUT2D eigenvalue weighted by molar-refractivity contribution is -0.147. The predicted octanol–water partition coefficient (Wildman–Crippen LogP) is 4.21. The van der Waals surface area contributed by atoms with E-state index in [4.69, 9.17) is 25.9 Å². The number of piperidine rings is 1. The van der Waals surface area contributed by atoms with Gasteiger partial charge in [0.1, 0.15) is 23.0 Å². The SMILES string of the molecule is Cc1ccc(C2=NN3C(C2)c2cc(Cl)ccc2OC32CCN(C)CC2)o1. The first-order valence-electron chi connectivity index (χ1n) is 9.15. The summed E-state index contributed by atoms with van der Waals surface area (Å²) in [6, 6.07) is 10.1. The number of halogens is 1. The molecule has 4 heterocycles. The molecule has 0 radical (unpaired) electrons. The molecular weight excluding hydrogens is 350 g/mol. The molecule has 0 N–H and O–H groups in total. The summed E-state index contributed by atoms with van der Waals surface area (Å²) >= 11 is 6.28. The van der Waals surface area contributed by atoms with E-state index in [0.717, 1.165) is 65.9 Å². The number of hydrogen-bond acceptors (Lipinski definition) is 5. The number of furan rings is 1. The van der Waals surface area contributed by atoms with Crippen LogP contribution in [0.15, 0.2) is 39.9 Å². The van der Waals surface area contributed by atoms with Crippen LogP contribution >= 0.6 is 11.6 Å². The van der Waals surface area contributed by atoms with Gasteiger partial charge in [0.2, 0.25) is 5.72 Å². The molecule has 0 bridgehead atoms. The van der Waals surface area contributed by atoms with Crippen LogP contribution in [0, 0.1) is 6.92 Å². The monoisotopic (exact) mass is 371 g/mol. The van der Waals surface area contributed by atoms with Crippen molar-refractivity contribution in [2.75, 3.05) is 20.1 Å². The second-order valence-corrected chi connectivity index (χ2v) is 7.99. The van der Waals surface area contributed by atoms with Gasteiger partial charge in [-0.2, -0.15) is 5.10 Å². The maximum atomic E-state index is 6.57. The molecule has 6 heteroatoms. The van der Waals surface area contributed by atoms with E-state index in [1.807, 2.05) is 37.3 Å². The Morgan fingerprint density at radius 3 is 2.73 bits per heavy atom. The highest BCUT2D eigenvalue weighted by atomic mass is 35.5. The largest absolute Gasteiger partial charge is 0.466 e. The van der Waals surface area contributed by atoms with Gasteiger partial charge in [-0.05, 0) is 44.3 Å². The zero-order valence-corrected chi connectivity index (χ0v) is 15.8. The van der Waals surface area contributed by atoms with Crippen molar-refractivity contribution < 1.29 is 9.15 Å². The molecule has 1 aromatic heterocycles. The lowest BCUT2D eigenvalue weighted by atomic mass is 9.91. The van der Waals surface area contributed by atoms with Gasteiger partial charge in [-0.25, -0.2) is 5.01 Å². The van der Waals surface area contributed by atoms with Crippen LogP contribution in [0.1, 0.15) is 42.4 Å². The lowest BCUT2D eigenvalue weighted by Gasteiger charge is -2.50. The van der Waals surface area contributed by atoms with E-state index in [1.165, 1.54) is 0 Å². The summed E-state index contributed by atoms with van der Waals surface area (Å²) in [6.07, 6.45) is 2.66. The zero-order chi connectivity index (χ0) is 17.9. The number of fused-ring (bicyclic) bond motifs is 4. The van der Waals surface area contributed by atoms with Crippen molar-refractivity contribution in [3.63, 3.8) is 0 Å². The van der Waals surface area contributed by atoms with Crippen molar-refractivity contribution in [1.29, 1.82) is 0 Å². The van der Waals surface area contributed by atoms with E-state index in [1.54, 1.807) is 0 Å². The molecule has 5 rings (SSSR count). The highest BCUT2D eigenvalue weighted by Crippen LogP contribution is 2.50. The van der Waals surface area contributed by atoms with Gasteiger partial charge in [-0.1, -0.05) is 11.6 Å². The molecule has 3 aliphatic heterocycles. The van der Waals surface area contributed by atoms with Crippen molar-refractivity contribution in [2.45, 2.75) is 38.0 Å². The number of hydrazone groups is 1. The standard InChI is InChI=1S/C20H22ClN3O2/c1-13-3-5-19(25-13)16-12-17-15-11-14(21)4-6-18(15)26-20(24(17)22-16)7-9-23(2)10-8-20/h3-6,11,17H,7-10,12H2,1-2H3. The average Bonchev–Trinajstić information content (AvgIpc) is 3.25. The Kier molecular flexibility index (Phi) is 3.59. The third-order valence-corrected chi connectivity index (χ3v) is 5.99. The van der Waals surface area contributed by atoms with Gasteiger partial charge in [0.05, 0.1) is 6.04 Å². The molecule has 26 heavy (non-hydrogen) atoms. The van der Waals surface area contributed by atoms with Crippen molar-refractivity contribution in [3.05, 3.63) is 52.4 Å². The fraction of sp³-hybridized carbons (Fsp3) is 0.450. The summed E-state index contributed by atoms with van der Waals surface area (Å²) in [5.74, 6) is 2.69. The van der Waals surface area contributed by atoms with Gasteiger partial charge in [-0.15, -0.1) is 0 Å². The molecule has 1 unspecified atom stereocenters. The molecule has 3 aliphatic rings. The Morgan fingerprint density at radius 2 is 2.00 bits per heavy atom. The van der Waals surface area contributed by atoms with E-state index in [9.17, 15) is 0 Å². The van der Waals surface area contributed by atoms with E-state index in [-0.39, 0.29) is 11.8 Å². The number of nitrogens with zero attached hydrogens (tertiary/aromatic N) is 3. The summed E-state index contributed by atoms with van der Waals surface area (Å²) in [5.41, 5.74) is 1.71. The van der Waals surface area contributed by atoms with Crippen LogP contribution in [0.4, 0.5) is 0 Å². The Hall–Kier alpha value is -1.98. The van der Waals surface area contributed by atoms with Crippen LogP contribution in [0.2, 0.25) is 5.02 Å². The van der Waals surface area contributed by atoms with Crippen LogP contribution in [-0.4, -0.2) is 41.5 Å². The number of hydrogen-bond donors (Lipinski definition) is 0.